The number of methoxy groups -OCH3 is 1. The molecule has 0 atom stereocenters. The number of rotatable bonds is 9. The first-order chi connectivity index (χ1) is 13.2. The number of carbonyl (C=O) groups excluding carboxylic acids is 1. The minimum absolute atomic E-state index is 0.0399. The van der Waals surface area contributed by atoms with Crippen LogP contribution in [0.1, 0.15) is 18.3 Å². The summed E-state index contributed by atoms with van der Waals surface area (Å²) in [5.41, 5.74) is 1.86. The summed E-state index contributed by atoms with van der Waals surface area (Å²) in [5.74, 6) is 1.81. The minimum Gasteiger partial charge on any atom is -0.493 e. The standard InChI is InChI=1S/C19H23N5O3/c1-3-21-19(25)13-27-15-8-7-14(10-16(15)26-2)11-20-12-18-23-22-17-6-4-5-9-24(17)18/h4-10,20H,3,11-13H2,1-2H3,(H,21,25). The smallest absolute Gasteiger partial charge is 0.257 e. The molecule has 0 spiro atoms. The second-order valence-electron chi connectivity index (χ2n) is 5.88. The maximum absolute atomic E-state index is 11.5. The highest BCUT2D eigenvalue weighted by atomic mass is 16.5. The number of likely N-dealkylation sites (N-methyl/N-ethyl adjacent to an activating group) is 1. The van der Waals surface area contributed by atoms with E-state index in [4.69, 9.17) is 9.47 Å². The molecule has 8 nitrogen and oxygen atoms in total. The van der Waals surface area contributed by atoms with Gasteiger partial charge in [-0.15, -0.1) is 10.2 Å². The average molecular weight is 369 g/mol. The van der Waals surface area contributed by atoms with Gasteiger partial charge in [-0.3, -0.25) is 9.20 Å². The second-order valence-corrected chi connectivity index (χ2v) is 5.88. The van der Waals surface area contributed by atoms with Gasteiger partial charge in [-0.05, 0) is 36.8 Å². The van der Waals surface area contributed by atoms with Gasteiger partial charge >= 0.3 is 0 Å². The molecule has 1 amide bonds. The van der Waals surface area contributed by atoms with Crippen molar-refractivity contribution < 1.29 is 14.3 Å². The van der Waals surface area contributed by atoms with Gasteiger partial charge in [0, 0.05) is 19.3 Å². The van der Waals surface area contributed by atoms with Gasteiger partial charge in [0.2, 0.25) is 0 Å². The fourth-order valence-electron chi connectivity index (χ4n) is 2.66. The van der Waals surface area contributed by atoms with Crippen LogP contribution < -0.4 is 20.1 Å². The van der Waals surface area contributed by atoms with Crippen LogP contribution in [0, 0.1) is 0 Å². The molecule has 0 aliphatic heterocycles. The Kier molecular flexibility index (Phi) is 6.22. The highest BCUT2D eigenvalue weighted by molar-refractivity contribution is 5.77. The topological polar surface area (TPSA) is 89.8 Å². The molecule has 2 N–H and O–H groups in total. The van der Waals surface area contributed by atoms with E-state index >= 15 is 0 Å². The lowest BCUT2D eigenvalue weighted by atomic mass is 10.2. The van der Waals surface area contributed by atoms with Crippen molar-refractivity contribution in [3.8, 4) is 11.5 Å². The van der Waals surface area contributed by atoms with Crippen LogP contribution in [-0.4, -0.2) is 40.8 Å². The summed E-state index contributed by atoms with van der Waals surface area (Å²) in [7, 11) is 1.58. The first-order valence-corrected chi connectivity index (χ1v) is 8.77. The molecule has 0 fully saturated rings. The van der Waals surface area contributed by atoms with E-state index in [1.165, 1.54) is 0 Å². The van der Waals surface area contributed by atoms with E-state index in [1.54, 1.807) is 7.11 Å². The molecule has 0 saturated carbocycles. The van der Waals surface area contributed by atoms with Crippen molar-refractivity contribution in [2.24, 2.45) is 0 Å². The van der Waals surface area contributed by atoms with Crippen LogP contribution in [0.2, 0.25) is 0 Å². The van der Waals surface area contributed by atoms with Gasteiger partial charge in [0.05, 0.1) is 13.7 Å². The molecule has 1 aromatic carbocycles. The highest BCUT2D eigenvalue weighted by Gasteiger charge is 2.09. The van der Waals surface area contributed by atoms with Gasteiger partial charge in [0.15, 0.2) is 29.6 Å². The molecule has 0 aliphatic carbocycles. The molecular weight excluding hydrogens is 346 g/mol. The third-order valence-corrected chi connectivity index (χ3v) is 3.96. The Morgan fingerprint density at radius 3 is 2.85 bits per heavy atom. The van der Waals surface area contributed by atoms with Crippen LogP contribution in [0.4, 0.5) is 0 Å². The Balaban J connectivity index is 1.58. The molecule has 0 aliphatic rings. The Morgan fingerprint density at radius 2 is 2.04 bits per heavy atom. The first kappa shape index (κ1) is 18.7. The van der Waals surface area contributed by atoms with Gasteiger partial charge in [0.25, 0.3) is 5.91 Å². The SMILES string of the molecule is CCNC(=O)COc1ccc(CNCc2nnc3ccccn23)cc1OC. The number of hydrogen-bond donors (Lipinski definition) is 2. The summed E-state index contributed by atoms with van der Waals surface area (Å²) in [6, 6.07) is 11.4. The molecular formula is C19H23N5O3. The van der Waals surface area contributed by atoms with Gasteiger partial charge in [-0.25, -0.2) is 0 Å². The molecule has 2 aromatic heterocycles. The average Bonchev–Trinajstić information content (AvgIpc) is 3.10. The number of aromatic nitrogens is 3. The molecule has 8 heteroatoms. The maximum Gasteiger partial charge on any atom is 0.257 e. The zero-order chi connectivity index (χ0) is 19.1. The largest absolute Gasteiger partial charge is 0.493 e. The predicted octanol–water partition coefficient (Wildman–Crippen LogP) is 1.54. The first-order valence-electron chi connectivity index (χ1n) is 8.77. The van der Waals surface area contributed by atoms with Gasteiger partial charge in [-0.1, -0.05) is 12.1 Å². The third-order valence-electron chi connectivity index (χ3n) is 3.96. The molecule has 27 heavy (non-hydrogen) atoms. The van der Waals surface area contributed by atoms with E-state index in [0.29, 0.717) is 31.1 Å². The number of nitrogens with zero attached hydrogens (tertiary/aromatic N) is 3. The number of fused-ring (bicyclic) bond motifs is 1. The van der Waals surface area contributed by atoms with Gasteiger partial charge < -0.3 is 20.1 Å². The normalized spacial score (nSPS) is 10.7. The maximum atomic E-state index is 11.5. The minimum atomic E-state index is -0.161. The lowest BCUT2D eigenvalue weighted by Crippen LogP contribution is -2.28. The van der Waals surface area contributed by atoms with Gasteiger partial charge in [-0.2, -0.15) is 0 Å². The zero-order valence-corrected chi connectivity index (χ0v) is 15.4. The molecule has 142 valence electrons. The van der Waals surface area contributed by atoms with Crippen LogP contribution in [0.15, 0.2) is 42.6 Å². The second kappa shape index (κ2) is 9.00. The fraction of sp³-hybridized carbons (Fsp3) is 0.316. The van der Waals surface area contributed by atoms with E-state index in [2.05, 4.69) is 20.8 Å². The molecule has 3 aromatic rings. The van der Waals surface area contributed by atoms with Crippen LogP contribution in [0.25, 0.3) is 5.65 Å². The summed E-state index contributed by atoms with van der Waals surface area (Å²) in [6.07, 6.45) is 1.94. The number of nitrogens with one attached hydrogen (secondary N) is 2. The molecule has 0 bridgehead atoms. The van der Waals surface area contributed by atoms with Crippen molar-refractivity contribution >= 4 is 11.6 Å². The summed E-state index contributed by atoms with van der Waals surface area (Å²) < 4.78 is 12.9. The highest BCUT2D eigenvalue weighted by Crippen LogP contribution is 2.28. The Bertz CT molecular complexity index is 909. The van der Waals surface area contributed by atoms with E-state index in [-0.39, 0.29) is 12.5 Å². The van der Waals surface area contributed by atoms with E-state index < -0.39 is 0 Å². The van der Waals surface area contributed by atoms with Crippen molar-refractivity contribution in [3.05, 3.63) is 54.0 Å². The van der Waals surface area contributed by atoms with Crippen molar-refractivity contribution in [3.63, 3.8) is 0 Å². The molecule has 0 saturated heterocycles. The van der Waals surface area contributed by atoms with Crippen molar-refractivity contribution in [1.82, 2.24) is 25.2 Å². The van der Waals surface area contributed by atoms with Crippen LogP contribution in [-0.2, 0) is 17.9 Å². The Morgan fingerprint density at radius 1 is 1.15 bits per heavy atom. The number of hydrogen-bond acceptors (Lipinski definition) is 6. The Hall–Kier alpha value is -3.13. The quantitative estimate of drug-likeness (QED) is 0.595. The molecule has 3 rings (SSSR count). The number of amides is 1. The predicted molar refractivity (Wildman–Crippen MR) is 101 cm³/mol. The molecule has 2 heterocycles. The summed E-state index contributed by atoms with van der Waals surface area (Å²) in [6.45, 7) is 3.62. The van der Waals surface area contributed by atoms with E-state index in [1.807, 2.05) is 53.9 Å². The summed E-state index contributed by atoms with van der Waals surface area (Å²) in [4.78, 5) is 11.5. The van der Waals surface area contributed by atoms with E-state index in [9.17, 15) is 4.79 Å². The lowest BCUT2D eigenvalue weighted by molar-refractivity contribution is -0.123. The lowest BCUT2D eigenvalue weighted by Gasteiger charge is -2.12. The third kappa shape index (κ3) is 4.73. The summed E-state index contributed by atoms with van der Waals surface area (Å²) in [5, 5.41) is 14.4. The number of pyridine rings is 1. The summed E-state index contributed by atoms with van der Waals surface area (Å²) >= 11 is 0. The molecule has 0 radical (unpaired) electrons. The monoisotopic (exact) mass is 369 g/mol. The van der Waals surface area contributed by atoms with Crippen LogP contribution in [0.3, 0.4) is 0 Å². The fourth-order valence-corrected chi connectivity index (χ4v) is 2.66. The number of carbonyl (C=O) groups is 1. The zero-order valence-electron chi connectivity index (χ0n) is 15.4. The van der Waals surface area contributed by atoms with Crippen LogP contribution in [0.5, 0.6) is 11.5 Å². The van der Waals surface area contributed by atoms with Gasteiger partial charge in [0.1, 0.15) is 0 Å². The number of benzene rings is 1. The van der Waals surface area contributed by atoms with Crippen molar-refractivity contribution in [2.75, 3.05) is 20.3 Å². The molecule has 0 unspecified atom stereocenters. The van der Waals surface area contributed by atoms with Crippen molar-refractivity contribution in [2.45, 2.75) is 20.0 Å². The van der Waals surface area contributed by atoms with Crippen molar-refractivity contribution in [1.29, 1.82) is 0 Å². The Labute approximate surface area is 157 Å². The number of ether oxygens (including phenoxy) is 2. The van der Waals surface area contributed by atoms with E-state index in [0.717, 1.165) is 17.0 Å². The van der Waals surface area contributed by atoms with Crippen LogP contribution >= 0.6 is 0 Å².